The lowest BCUT2D eigenvalue weighted by Gasteiger charge is -2.21. The van der Waals surface area contributed by atoms with Crippen molar-refractivity contribution in [2.75, 3.05) is 6.61 Å². The molecule has 2 heterocycles. The first-order valence-electron chi connectivity index (χ1n) is 7.83. The summed E-state index contributed by atoms with van der Waals surface area (Å²) in [5.74, 6) is 0.00278. The van der Waals surface area contributed by atoms with E-state index in [4.69, 9.17) is 10.5 Å². The van der Waals surface area contributed by atoms with Crippen molar-refractivity contribution in [2.45, 2.75) is 32.9 Å². The Morgan fingerprint density at radius 2 is 2.08 bits per heavy atom. The zero-order chi connectivity index (χ0) is 18.4. The van der Waals surface area contributed by atoms with Crippen LogP contribution in [0.1, 0.15) is 41.7 Å². The van der Waals surface area contributed by atoms with Crippen molar-refractivity contribution in [2.24, 2.45) is 5.73 Å². The van der Waals surface area contributed by atoms with E-state index in [0.717, 1.165) is 4.47 Å². The lowest BCUT2D eigenvalue weighted by molar-refractivity contribution is 0.0896. The van der Waals surface area contributed by atoms with Crippen LogP contribution >= 0.6 is 15.9 Å². The SMILES string of the molecule is CC(C)(C)NC(=O)c1c(C(N)=O)nc2n1CCOc1ccc(Br)cc1-2. The molecule has 0 aliphatic carbocycles. The Morgan fingerprint density at radius 3 is 2.72 bits per heavy atom. The van der Waals surface area contributed by atoms with Gasteiger partial charge in [-0.05, 0) is 39.0 Å². The maximum atomic E-state index is 12.8. The number of rotatable bonds is 2. The molecule has 0 saturated heterocycles. The molecule has 0 unspecified atom stereocenters. The molecule has 1 aromatic carbocycles. The van der Waals surface area contributed by atoms with E-state index in [-0.39, 0.29) is 11.4 Å². The van der Waals surface area contributed by atoms with Crippen molar-refractivity contribution in [3.05, 3.63) is 34.1 Å². The third-order valence-electron chi connectivity index (χ3n) is 3.66. The monoisotopic (exact) mass is 406 g/mol. The number of carbonyl (C=O) groups excluding carboxylic acids is 2. The molecule has 0 fully saturated rings. The number of hydrogen-bond acceptors (Lipinski definition) is 4. The van der Waals surface area contributed by atoms with Crippen molar-refractivity contribution in [3.63, 3.8) is 0 Å². The van der Waals surface area contributed by atoms with Crippen molar-refractivity contribution in [1.82, 2.24) is 14.9 Å². The zero-order valence-electron chi connectivity index (χ0n) is 14.2. The fourth-order valence-corrected chi connectivity index (χ4v) is 3.09. The third-order valence-corrected chi connectivity index (χ3v) is 4.15. The Kier molecular flexibility index (Phi) is 4.32. The minimum atomic E-state index is -0.739. The van der Waals surface area contributed by atoms with E-state index >= 15 is 0 Å². The number of nitrogens with two attached hydrogens (primary N) is 1. The Balaban J connectivity index is 2.22. The van der Waals surface area contributed by atoms with Crippen LogP contribution in [0.3, 0.4) is 0 Å². The number of aromatic nitrogens is 2. The van der Waals surface area contributed by atoms with Gasteiger partial charge < -0.3 is 20.4 Å². The number of nitrogens with one attached hydrogen (secondary N) is 1. The number of ether oxygens (including phenoxy) is 1. The van der Waals surface area contributed by atoms with Gasteiger partial charge in [0, 0.05) is 10.0 Å². The van der Waals surface area contributed by atoms with Gasteiger partial charge in [0.2, 0.25) is 0 Å². The highest BCUT2D eigenvalue weighted by atomic mass is 79.9. The zero-order valence-corrected chi connectivity index (χ0v) is 15.8. The van der Waals surface area contributed by atoms with Crippen LogP contribution in [-0.4, -0.2) is 33.5 Å². The fourth-order valence-electron chi connectivity index (χ4n) is 2.73. The minimum Gasteiger partial charge on any atom is -0.491 e. The molecule has 0 bridgehead atoms. The van der Waals surface area contributed by atoms with Gasteiger partial charge in [0.25, 0.3) is 11.8 Å². The number of nitrogens with zero attached hydrogens (tertiary/aromatic N) is 2. The van der Waals surface area contributed by atoms with Gasteiger partial charge in [-0.25, -0.2) is 4.98 Å². The van der Waals surface area contributed by atoms with Crippen LogP contribution in [0.2, 0.25) is 0 Å². The molecule has 1 aromatic heterocycles. The van der Waals surface area contributed by atoms with E-state index in [2.05, 4.69) is 26.2 Å². The van der Waals surface area contributed by atoms with Crippen LogP contribution in [0.25, 0.3) is 11.4 Å². The molecule has 132 valence electrons. The van der Waals surface area contributed by atoms with E-state index in [1.165, 1.54) is 0 Å². The highest BCUT2D eigenvalue weighted by molar-refractivity contribution is 9.10. The molecular formula is C17H19BrN4O3. The minimum absolute atomic E-state index is 0.0374. The fraction of sp³-hybridized carbons (Fsp3) is 0.353. The number of halogens is 1. The van der Waals surface area contributed by atoms with Crippen LogP contribution in [0.15, 0.2) is 22.7 Å². The number of benzene rings is 1. The van der Waals surface area contributed by atoms with Gasteiger partial charge in [-0.2, -0.15) is 0 Å². The molecule has 3 rings (SSSR count). The Labute approximate surface area is 153 Å². The highest BCUT2D eigenvalue weighted by Crippen LogP contribution is 2.35. The summed E-state index contributed by atoms with van der Waals surface area (Å²) in [5.41, 5.74) is 5.84. The Hall–Kier alpha value is -2.35. The van der Waals surface area contributed by atoms with Crippen LogP contribution in [0.4, 0.5) is 0 Å². The summed E-state index contributed by atoms with van der Waals surface area (Å²) in [4.78, 5) is 29.1. The average Bonchev–Trinajstić information content (AvgIpc) is 2.78. The second kappa shape index (κ2) is 6.18. The molecule has 7 nitrogen and oxygen atoms in total. The van der Waals surface area contributed by atoms with Gasteiger partial charge in [-0.15, -0.1) is 0 Å². The van der Waals surface area contributed by atoms with Crippen LogP contribution in [0, 0.1) is 0 Å². The van der Waals surface area contributed by atoms with E-state index in [1.807, 2.05) is 39.0 Å². The molecule has 0 atom stereocenters. The maximum absolute atomic E-state index is 12.8. The Bertz CT molecular complexity index is 868. The lowest BCUT2D eigenvalue weighted by Crippen LogP contribution is -2.42. The molecule has 25 heavy (non-hydrogen) atoms. The van der Waals surface area contributed by atoms with E-state index in [0.29, 0.717) is 30.3 Å². The van der Waals surface area contributed by atoms with E-state index < -0.39 is 17.4 Å². The second-order valence-electron chi connectivity index (χ2n) is 6.84. The van der Waals surface area contributed by atoms with Gasteiger partial charge in [0.1, 0.15) is 23.9 Å². The topological polar surface area (TPSA) is 99.2 Å². The molecule has 0 saturated carbocycles. The molecule has 8 heteroatoms. The first-order valence-corrected chi connectivity index (χ1v) is 8.62. The van der Waals surface area contributed by atoms with Gasteiger partial charge in [-0.3, -0.25) is 9.59 Å². The summed E-state index contributed by atoms with van der Waals surface area (Å²) >= 11 is 3.43. The van der Waals surface area contributed by atoms with E-state index in [9.17, 15) is 9.59 Å². The van der Waals surface area contributed by atoms with Gasteiger partial charge in [-0.1, -0.05) is 15.9 Å². The molecule has 2 aromatic rings. The first-order chi connectivity index (χ1) is 11.7. The van der Waals surface area contributed by atoms with Crippen LogP contribution in [0.5, 0.6) is 5.75 Å². The van der Waals surface area contributed by atoms with Crippen molar-refractivity contribution < 1.29 is 14.3 Å². The Morgan fingerprint density at radius 1 is 1.36 bits per heavy atom. The average molecular weight is 407 g/mol. The number of imidazole rings is 1. The smallest absolute Gasteiger partial charge is 0.270 e. The molecule has 0 spiro atoms. The molecule has 1 aliphatic rings. The summed E-state index contributed by atoms with van der Waals surface area (Å²) < 4.78 is 8.28. The summed E-state index contributed by atoms with van der Waals surface area (Å²) in [6, 6.07) is 5.53. The summed E-state index contributed by atoms with van der Waals surface area (Å²) in [5, 5.41) is 2.87. The molecular weight excluding hydrogens is 388 g/mol. The van der Waals surface area contributed by atoms with Gasteiger partial charge >= 0.3 is 0 Å². The predicted molar refractivity (Wildman–Crippen MR) is 96.6 cm³/mol. The number of fused-ring (bicyclic) bond motifs is 3. The van der Waals surface area contributed by atoms with Crippen molar-refractivity contribution in [1.29, 1.82) is 0 Å². The number of carbonyl (C=O) groups is 2. The predicted octanol–water partition coefficient (Wildman–Crippen LogP) is 2.33. The first kappa shape index (κ1) is 17.5. The maximum Gasteiger partial charge on any atom is 0.270 e. The van der Waals surface area contributed by atoms with Gasteiger partial charge in [0.05, 0.1) is 12.1 Å². The van der Waals surface area contributed by atoms with Crippen molar-refractivity contribution in [3.8, 4) is 17.1 Å². The highest BCUT2D eigenvalue weighted by Gasteiger charge is 2.30. The normalized spacial score (nSPS) is 13.3. The standard InChI is InChI=1S/C17H19BrN4O3/c1-17(2,3)21-16(24)13-12(14(19)23)20-15-10-8-9(18)4-5-11(10)25-7-6-22(13)15/h4-5,8H,6-7H2,1-3H3,(H2,19,23)(H,21,24). The quantitative estimate of drug-likeness (QED) is 0.798. The lowest BCUT2D eigenvalue weighted by atomic mass is 10.1. The number of primary amides is 1. The molecule has 0 radical (unpaired) electrons. The third kappa shape index (κ3) is 3.39. The largest absolute Gasteiger partial charge is 0.491 e. The van der Waals surface area contributed by atoms with Crippen LogP contribution in [-0.2, 0) is 6.54 Å². The summed E-state index contributed by atoms with van der Waals surface area (Å²) in [6.45, 7) is 6.33. The molecule has 1 aliphatic heterocycles. The van der Waals surface area contributed by atoms with Crippen LogP contribution < -0.4 is 15.8 Å². The molecule has 3 N–H and O–H groups in total. The molecule has 2 amide bonds. The summed E-state index contributed by atoms with van der Waals surface area (Å²) in [7, 11) is 0. The second-order valence-corrected chi connectivity index (χ2v) is 7.76. The van der Waals surface area contributed by atoms with Gasteiger partial charge in [0.15, 0.2) is 5.69 Å². The summed E-state index contributed by atoms with van der Waals surface area (Å²) in [6.07, 6.45) is 0. The number of hydrogen-bond donors (Lipinski definition) is 2. The number of amides is 2. The van der Waals surface area contributed by atoms with E-state index in [1.54, 1.807) is 4.57 Å². The van der Waals surface area contributed by atoms with Crippen molar-refractivity contribution >= 4 is 27.7 Å².